The van der Waals surface area contributed by atoms with E-state index in [-0.39, 0.29) is 5.82 Å². The molecule has 0 unspecified atom stereocenters. The zero-order valence-corrected chi connectivity index (χ0v) is 16.7. The highest BCUT2D eigenvalue weighted by Gasteiger charge is 2.20. The van der Waals surface area contributed by atoms with Crippen molar-refractivity contribution in [2.75, 3.05) is 26.2 Å². The van der Waals surface area contributed by atoms with Gasteiger partial charge in [0, 0.05) is 44.8 Å². The average molecular weight is 402 g/mol. The van der Waals surface area contributed by atoms with Crippen molar-refractivity contribution in [1.82, 2.24) is 24.1 Å². The van der Waals surface area contributed by atoms with Crippen LogP contribution in [0.4, 0.5) is 4.39 Å². The molecule has 0 bridgehead atoms. The molecule has 4 rings (SSSR count). The van der Waals surface area contributed by atoms with E-state index in [2.05, 4.69) is 16.7 Å². The standard InChI is InChI=1S/C20H24FN5OS/c1-2-25-19(18-8-5-13-27-18)22-26(20(25)28)15-24-11-9-23(10-12-24)14-16-6-3-4-7-17(16)21/h3-8,13H,2,9-12,14-15H2,1H3. The van der Waals surface area contributed by atoms with E-state index in [9.17, 15) is 4.39 Å². The smallest absolute Gasteiger partial charge is 0.199 e. The number of hydrogen-bond donors (Lipinski definition) is 0. The van der Waals surface area contributed by atoms with Crippen molar-refractivity contribution in [3.05, 3.63) is 58.8 Å². The Morgan fingerprint density at radius 1 is 1.07 bits per heavy atom. The fourth-order valence-electron chi connectivity index (χ4n) is 3.55. The molecule has 0 atom stereocenters. The van der Waals surface area contributed by atoms with E-state index in [0.717, 1.165) is 49.9 Å². The number of aromatic nitrogens is 3. The summed E-state index contributed by atoms with van der Waals surface area (Å²) in [6.07, 6.45) is 1.65. The number of halogens is 1. The summed E-state index contributed by atoms with van der Waals surface area (Å²) in [5, 5.41) is 4.69. The van der Waals surface area contributed by atoms with Crippen molar-refractivity contribution >= 4 is 12.2 Å². The van der Waals surface area contributed by atoms with Crippen LogP contribution in [0.2, 0.25) is 0 Å². The minimum absolute atomic E-state index is 0.133. The maximum Gasteiger partial charge on any atom is 0.199 e. The van der Waals surface area contributed by atoms with Crippen LogP contribution < -0.4 is 0 Å². The summed E-state index contributed by atoms with van der Waals surface area (Å²) in [6.45, 7) is 7.65. The van der Waals surface area contributed by atoms with Gasteiger partial charge in [0.2, 0.25) is 0 Å². The predicted octanol–water partition coefficient (Wildman–Crippen LogP) is 3.61. The van der Waals surface area contributed by atoms with Crippen LogP contribution in [0.25, 0.3) is 11.6 Å². The van der Waals surface area contributed by atoms with Crippen molar-refractivity contribution in [1.29, 1.82) is 0 Å². The van der Waals surface area contributed by atoms with Crippen LogP contribution in [-0.2, 0) is 19.8 Å². The molecule has 1 aliphatic heterocycles. The third kappa shape index (κ3) is 3.94. The van der Waals surface area contributed by atoms with Gasteiger partial charge in [0.05, 0.1) is 12.9 Å². The van der Waals surface area contributed by atoms with E-state index in [4.69, 9.17) is 21.7 Å². The Labute approximate surface area is 168 Å². The summed E-state index contributed by atoms with van der Waals surface area (Å²) in [4.78, 5) is 4.61. The van der Waals surface area contributed by atoms with Crippen molar-refractivity contribution in [3.63, 3.8) is 0 Å². The van der Waals surface area contributed by atoms with Gasteiger partial charge in [-0.2, -0.15) is 0 Å². The molecule has 1 saturated heterocycles. The van der Waals surface area contributed by atoms with Gasteiger partial charge in [-0.15, -0.1) is 5.10 Å². The number of piperazine rings is 1. The lowest BCUT2D eigenvalue weighted by atomic mass is 10.2. The van der Waals surface area contributed by atoms with Gasteiger partial charge in [0.25, 0.3) is 0 Å². The largest absolute Gasteiger partial charge is 0.461 e. The molecule has 3 aromatic rings. The number of hydrogen-bond acceptors (Lipinski definition) is 5. The van der Waals surface area contributed by atoms with Gasteiger partial charge < -0.3 is 4.42 Å². The van der Waals surface area contributed by atoms with E-state index in [0.29, 0.717) is 18.0 Å². The minimum atomic E-state index is -0.133. The average Bonchev–Trinajstić information content (AvgIpc) is 3.34. The van der Waals surface area contributed by atoms with E-state index >= 15 is 0 Å². The minimum Gasteiger partial charge on any atom is -0.461 e. The van der Waals surface area contributed by atoms with Crippen LogP contribution >= 0.6 is 12.2 Å². The lowest BCUT2D eigenvalue weighted by molar-refractivity contribution is 0.0973. The Hall–Kier alpha value is -2.29. The predicted molar refractivity (Wildman–Crippen MR) is 108 cm³/mol. The highest BCUT2D eigenvalue weighted by atomic mass is 32.1. The number of nitrogens with zero attached hydrogens (tertiary/aromatic N) is 5. The van der Waals surface area contributed by atoms with Gasteiger partial charge in [-0.1, -0.05) is 18.2 Å². The maximum absolute atomic E-state index is 13.9. The first-order valence-electron chi connectivity index (χ1n) is 9.55. The van der Waals surface area contributed by atoms with E-state index in [1.165, 1.54) is 6.07 Å². The van der Waals surface area contributed by atoms with Crippen LogP contribution in [0.1, 0.15) is 12.5 Å². The van der Waals surface area contributed by atoms with Crippen LogP contribution in [0.3, 0.4) is 0 Å². The van der Waals surface area contributed by atoms with Crippen LogP contribution in [0, 0.1) is 10.6 Å². The Balaban J connectivity index is 1.40. The number of furan rings is 1. The lowest BCUT2D eigenvalue weighted by Gasteiger charge is -2.34. The first-order valence-corrected chi connectivity index (χ1v) is 9.96. The zero-order valence-electron chi connectivity index (χ0n) is 15.9. The molecule has 0 aliphatic carbocycles. The molecular weight excluding hydrogens is 377 g/mol. The summed E-state index contributed by atoms with van der Waals surface area (Å²) in [5.74, 6) is 1.35. The molecule has 6 nitrogen and oxygen atoms in total. The zero-order chi connectivity index (χ0) is 19.5. The van der Waals surface area contributed by atoms with E-state index in [1.54, 1.807) is 12.3 Å². The van der Waals surface area contributed by atoms with E-state index < -0.39 is 0 Å². The molecule has 8 heteroatoms. The van der Waals surface area contributed by atoms with Crippen molar-refractivity contribution in [2.45, 2.75) is 26.7 Å². The fraction of sp³-hybridized carbons (Fsp3) is 0.400. The molecule has 0 saturated carbocycles. The molecular formula is C20H24FN5OS. The van der Waals surface area contributed by atoms with Gasteiger partial charge in [0.1, 0.15) is 5.82 Å². The van der Waals surface area contributed by atoms with Crippen LogP contribution in [0.5, 0.6) is 0 Å². The monoisotopic (exact) mass is 401 g/mol. The molecule has 0 N–H and O–H groups in total. The lowest BCUT2D eigenvalue weighted by Crippen LogP contribution is -2.46. The molecule has 2 aromatic heterocycles. The second-order valence-electron chi connectivity index (χ2n) is 6.95. The summed E-state index contributed by atoms with van der Waals surface area (Å²) in [5.41, 5.74) is 0.753. The highest BCUT2D eigenvalue weighted by molar-refractivity contribution is 7.71. The topological polar surface area (TPSA) is 42.4 Å². The normalized spacial score (nSPS) is 15.9. The molecule has 1 aliphatic rings. The van der Waals surface area contributed by atoms with Crippen molar-refractivity contribution in [3.8, 4) is 11.6 Å². The summed E-state index contributed by atoms with van der Waals surface area (Å²) >= 11 is 5.62. The van der Waals surface area contributed by atoms with Gasteiger partial charge in [-0.3, -0.25) is 14.4 Å². The molecule has 148 valence electrons. The Kier molecular flexibility index (Phi) is 5.70. The van der Waals surface area contributed by atoms with E-state index in [1.807, 2.05) is 33.5 Å². The molecule has 1 aromatic carbocycles. The Morgan fingerprint density at radius 3 is 2.50 bits per heavy atom. The molecule has 0 amide bonds. The van der Waals surface area contributed by atoms with Gasteiger partial charge in [-0.05, 0) is 37.3 Å². The Morgan fingerprint density at radius 2 is 1.82 bits per heavy atom. The third-order valence-corrected chi connectivity index (χ3v) is 5.56. The molecule has 1 fully saturated rings. The van der Waals surface area contributed by atoms with Crippen molar-refractivity contribution < 1.29 is 8.81 Å². The second kappa shape index (κ2) is 8.38. The summed E-state index contributed by atoms with van der Waals surface area (Å²) in [6, 6.07) is 10.7. The summed E-state index contributed by atoms with van der Waals surface area (Å²) in [7, 11) is 0. The molecule has 0 spiro atoms. The summed E-state index contributed by atoms with van der Waals surface area (Å²) < 4.78 is 23.9. The van der Waals surface area contributed by atoms with Crippen LogP contribution in [0.15, 0.2) is 47.1 Å². The Bertz CT molecular complexity index is 973. The maximum atomic E-state index is 13.9. The van der Waals surface area contributed by atoms with Gasteiger partial charge >= 0.3 is 0 Å². The second-order valence-corrected chi connectivity index (χ2v) is 7.32. The fourth-order valence-corrected chi connectivity index (χ4v) is 3.87. The third-order valence-electron chi connectivity index (χ3n) is 5.13. The van der Waals surface area contributed by atoms with Crippen LogP contribution in [-0.4, -0.2) is 50.3 Å². The van der Waals surface area contributed by atoms with Gasteiger partial charge in [-0.25, -0.2) is 9.07 Å². The van der Waals surface area contributed by atoms with Crippen molar-refractivity contribution in [2.24, 2.45) is 0 Å². The molecule has 28 heavy (non-hydrogen) atoms. The molecule has 0 radical (unpaired) electrons. The SMILES string of the molecule is CCn1c(-c2ccco2)nn(CN2CCN(Cc3ccccc3F)CC2)c1=S. The number of benzene rings is 1. The molecule has 3 heterocycles. The highest BCUT2D eigenvalue weighted by Crippen LogP contribution is 2.19. The quantitative estimate of drug-likeness (QED) is 0.591. The van der Waals surface area contributed by atoms with Gasteiger partial charge in [0.15, 0.2) is 16.4 Å². The first-order chi connectivity index (χ1) is 13.7. The number of rotatable bonds is 6. The first kappa shape index (κ1) is 19.0.